The molecule has 1 aliphatic carbocycles. The zero-order valence-electron chi connectivity index (χ0n) is 23.0. The molecule has 218 valence electrons. The van der Waals surface area contributed by atoms with Crippen LogP contribution in [0.5, 0.6) is 0 Å². The van der Waals surface area contributed by atoms with Crippen molar-refractivity contribution in [3.05, 3.63) is 82.2 Å². The van der Waals surface area contributed by atoms with Gasteiger partial charge in [0.2, 0.25) is 10.0 Å². The summed E-state index contributed by atoms with van der Waals surface area (Å²) >= 11 is 1.24. The number of carboxylic acid groups (broad SMARTS) is 1. The van der Waals surface area contributed by atoms with E-state index < -0.39 is 32.8 Å². The van der Waals surface area contributed by atoms with Crippen LogP contribution in [0.25, 0.3) is 21.8 Å². The molecule has 2 aromatic heterocycles. The lowest BCUT2D eigenvalue weighted by molar-refractivity contribution is 0.0691. The van der Waals surface area contributed by atoms with Crippen molar-refractivity contribution in [2.24, 2.45) is 17.0 Å². The lowest BCUT2D eigenvalue weighted by atomic mass is 10.1. The molecule has 42 heavy (non-hydrogen) atoms. The number of hydrogen-bond donors (Lipinski definition) is 3. The molecule has 0 amide bonds. The summed E-state index contributed by atoms with van der Waals surface area (Å²) in [4.78, 5) is 15.4. The van der Waals surface area contributed by atoms with Crippen LogP contribution in [0.2, 0.25) is 0 Å². The Morgan fingerprint density at radius 2 is 1.98 bits per heavy atom. The maximum Gasteiger partial charge on any atom is 0.355 e. The van der Waals surface area contributed by atoms with Gasteiger partial charge in [0.1, 0.15) is 21.8 Å². The summed E-state index contributed by atoms with van der Waals surface area (Å²) in [7, 11) is -4.22. The highest BCUT2D eigenvalue weighted by molar-refractivity contribution is 7.89. The lowest BCUT2D eigenvalue weighted by Gasteiger charge is -2.16. The fourth-order valence-corrected chi connectivity index (χ4v) is 6.06. The number of nitrogens with zero attached hydrogens (tertiary/aromatic N) is 2. The van der Waals surface area contributed by atoms with E-state index in [0.29, 0.717) is 22.1 Å². The highest BCUT2D eigenvalue weighted by Gasteiger charge is 2.28. The molecule has 4 aromatic rings. The minimum absolute atomic E-state index is 0.0134. The molecule has 0 bridgehead atoms. The third-order valence-electron chi connectivity index (χ3n) is 7.14. The number of aromatic nitrogens is 2. The number of thiazole rings is 1. The normalized spacial score (nSPS) is 14.0. The van der Waals surface area contributed by atoms with Crippen LogP contribution in [0.15, 0.2) is 58.8 Å². The van der Waals surface area contributed by atoms with Gasteiger partial charge in [0, 0.05) is 34.4 Å². The quantitative estimate of drug-likeness (QED) is 0.226. The molecule has 0 saturated heterocycles. The second kappa shape index (κ2) is 11.8. The van der Waals surface area contributed by atoms with Gasteiger partial charge in [-0.3, -0.25) is 0 Å². The molecule has 2 aromatic carbocycles. The molecule has 0 radical (unpaired) electrons. The van der Waals surface area contributed by atoms with Crippen LogP contribution < -0.4 is 5.14 Å². The summed E-state index contributed by atoms with van der Waals surface area (Å²) in [6, 6.07) is 13.4. The van der Waals surface area contributed by atoms with Crippen LogP contribution in [-0.2, 0) is 23.0 Å². The lowest BCUT2D eigenvalue weighted by Crippen LogP contribution is -2.14. The average molecular weight is 608 g/mol. The number of nitrogens with two attached hydrogens (primary N) is 1. The molecule has 8 nitrogen and oxygen atoms in total. The molecule has 1 fully saturated rings. The number of hydrogen-bond acceptors (Lipinski definition) is 6. The molecule has 0 aliphatic heterocycles. The Labute approximate surface area is 247 Å². The standard InChI is InChI=1S/C31H30FN3O5S2/c1-18(2)28(36)10-8-19-4-3-5-22(12-19)26-15-23(30-34-25(17-41-30)31(37)38)27(14-20-6-7-20)35(26)16-21-9-11-29(24(32)13-21)42(33,39)40/h3-5,9,11-13,15,17-18,20,28,36H,6-7,14,16H2,1-2H3,(H,37,38)(H2,33,39,40). The predicted molar refractivity (Wildman–Crippen MR) is 159 cm³/mol. The number of carbonyl (C=O) groups is 1. The first-order chi connectivity index (χ1) is 19.9. The van der Waals surface area contributed by atoms with Gasteiger partial charge in [0.25, 0.3) is 0 Å². The Bertz CT molecular complexity index is 1830. The Morgan fingerprint density at radius 1 is 1.21 bits per heavy atom. The van der Waals surface area contributed by atoms with Gasteiger partial charge in [0.05, 0.1) is 0 Å². The molecule has 1 unspecified atom stereocenters. The maximum atomic E-state index is 14.8. The predicted octanol–water partition coefficient (Wildman–Crippen LogP) is 5.13. The number of sulfonamides is 1. The molecule has 2 heterocycles. The number of aromatic carboxylic acids is 1. The van der Waals surface area contributed by atoms with Crippen molar-refractivity contribution in [3.8, 4) is 33.7 Å². The minimum atomic E-state index is -4.22. The van der Waals surface area contributed by atoms with Gasteiger partial charge >= 0.3 is 5.97 Å². The molecule has 1 saturated carbocycles. The van der Waals surface area contributed by atoms with Crippen molar-refractivity contribution < 1.29 is 27.8 Å². The van der Waals surface area contributed by atoms with Gasteiger partial charge in [-0.2, -0.15) is 0 Å². The van der Waals surface area contributed by atoms with Gasteiger partial charge < -0.3 is 14.8 Å². The molecule has 5 rings (SSSR count). The largest absolute Gasteiger partial charge is 0.476 e. The summed E-state index contributed by atoms with van der Waals surface area (Å²) in [6.07, 6.45) is 2.09. The number of aliphatic hydroxyl groups excluding tert-OH is 1. The van der Waals surface area contributed by atoms with Crippen molar-refractivity contribution in [1.82, 2.24) is 9.55 Å². The minimum Gasteiger partial charge on any atom is -0.476 e. The van der Waals surface area contributed by atoms with E-state index >= 15 is 0 Å². The Hall–Kier alpha value is -3.82. The summed E-state index contributed by atoms with van der Waals surface area (Å²) < 4.78 is 40.4. The van der Waals surface area contributed by atoms with Crippen molar-refractivity contribution in [2.45, 2.75) is 50.7 Å². The Balaban J connectivity index is 1.66. The van der Waals surface area contributed by atoms with Crippen LogP contribution in [0.3, 0.4) is 0 Å². The zero-order chi connectivity index (χ0) is 30.2. The molecule has 4 N–H and O–H groups in total. The average Bonchev–Trinajstić information content (AvgIpc) is 3.48. The fraction of sp³-hybridized carbons (Fsp3) is 0.290. The molecule has 11 heteroatoms. The maximum absolute atomic E-state index is 14.8. The van der Waals surface area contributed by atoms with E-state index in [-0.39, 0.29) is 18.2 Å². The first-order valence-electron chi connectivity index (χ1n) is 13.4. The summed E-state index contributed by atoms with van der Waals surface area (Å²) in [5.41, 5.74) is 4.53. The first-order valence-corrected chi connectivity index (χ1v) is 15.9. The number of benzene rings is 2. The van der Waals surface area contributed by atoms with Crippen molar-refractivity contribution >= 4 is 27.3 Å². The van der Waals surface area contributed by atoms with Gasteiger partial charge in [-0.25, -0.2) is 27.7 Å². The van der Waals surface area contributed by atoms with Crippen molar-refractivity contribution in [2.75, 3.05) is 0 Å². The third-order valence-corrected chi connectivity index (χ3v) is 8.96. The highest BCUT2D eigenvalue weighted by Crippen LogP contribution is 2.41. The Kier molecular flexibility index (Phi) is 8.35. The van der Waals surface area contributed by atoms with Crippen LogP contribution >= 0.6 is 11.3 Å². The zero-order valence-corrected chi connectivity index (χ0v) is 24.7. The third kappa shape index (κ3) is 6.63. The van der Waals surface area contributed by atoms with E-state index in [4.69, 9.17) is 5.14 Å². The second-order valence-corrected chi connectivity index (χ2v) is 13.2. The van der Waals surface area contributed by atoms with E-state index in [1.54, 1.807) is 0 Å². The van der Waals surface area contributed by atoms with E-state index in [1.807, 2.05) is 44.2 Å². The number of aliphatic hydroxyl groups is 1. The number of rotatable bonds is 9. The van der Waals surface area contributed by atoms with Crippen molar-refractivity contribution in [1.29, 1.82) is 0 Å². The smallest absolute Gasteiger partial charge is 0.355 e. The molecule has 1 atom stereocenters. The van der Waals surface area contributed by atoms with Crippen molar-refractivity contribution in [3.63, 3.8) is 0 Å². The van der Waals surface area contributed by atoms with Gasteiger partial charge in [-0.1, -0.05) is 43.9 Å². The highest BCUT2D eigenvalue weighted by atomic mass is 32.2. The SMILES string of the molecule is CC(C)C(O)C#Cc1cccc(-c2cc(-c3nc(C(=O)O)cs3)c(CC3CC3)n2Cc2ccc(S(N)(=O)=O)c(F)c2)c1. The van der Waals surface area contributed by atoms with Crippen LogP contribution in [-0.4, -0.2) is 40.3 Å². The van der Waals surface area contributed by atoms with E-state index in [2.05, 4.69) is 21.4 Å². The molecular formula is C31H30FN3O5S2. The van der Waals surface area contributed by atoms with E-state index in [0.717, 1.165) is 41.8 Å². The first kappa shape index (κ1) is 29.7. The van der Waals surface area contributed by atoms with Gasteiger partial charge in [0.15, 0.2) is 5.69 Å². The number of carboxylic acids is 1. The van der Waals surface area contributed by atoms with E-state index in [1.165, 1.54) is 34.9 Å². The molecular weight excluding hydrogens is 577 g/mol. The summed E-state index contributed by atoms with van der Waals surface area (Å²) in [5, 5.41) is 26.9. The van der Waals surface area contributed by atoms with Crippen LogP contribution in [0.4, 0.5) is 4.39 Å². The second-order valence-electron chi connectivity index (χ2n) is 10.8. The summed E-state index contributed by atoms with van der Waals surface area (Å²) in [6.45, 7) is 3.99. The Morgan fingerprint density at radius 3 is 2.60 bits per heavy atom. The summed E-state index contributed by atoms with van der Waals surface area (Å²) in [5.74, 6) is 4.32. The number of primary sulfonamides is 1. The topological polar surface area (TPSA) is 136 Å². The van der Waals surface area contributed by atoms with Gasteiger partial charge in [-0.15, -0.1) is 11.3 Å². The van der Waals surface area contributed by atoms with Gasteiger partial charge in [-0.05, 0) is 72.6 Å². The monoisotopic (exact) mass is 607 g/mol. The molecule has 0 spiro atoms. The number of halogens is 1. The van der Waals surface area contributed by atoms with Crippen LogP contribution in [0, 0.1) is 29.5 Å². The fourth-order valence-electron chi connectivity index (χ4n) is 4.64. The molecule has 1 aliphatic rings. The van der Waals surface area contributed by atoms with Crippen LogP contribution in [0.1, 0.15) is 54.0 Å². The van der Waals surface area contributed by atoms with E-state index in [9.17, 15) is 27.8 Å².